The van der Waals surface area contributed by atoms with E-state index in [4.69, 9.17) is 5.73 Å². The molecule has 0 amide bonds. The van der Waals surface area contributed by atoms with Crippen molar-refractivity contribution >= 4 is 5.96 Å². The maximum Gasteiger partial charge on any atom is 0.188 e. The summed E-state index contributed by atoms with van der Waals surface area (Å²) in [7, 11) is 0. The van der Waals surface area contributed by atoms with Crippen LogP contribution in [0.25, 0.3) is 0 Å². The molecule has 1 aliphatic carbocycles. The quantitative estimate of drug-likeness (QED) is 0.465. The first-order valence-corrected chi connectivity index (χ1v) is 8.13. The summed E-state index contributed by atoms with van der Waals surface area (Å²) in [5.41, 5.74) is 5.99. The number of hydrogen-bond donors (Lipinski definition) is 2. The lowest BCUT2D eigenvalue weighted by molar-refractivity contribution is 0.235. The number of rotatable bonds is 4. The highest BCUT2D eigenvalue weighted by Gasteiger charge is 2.12. The fourth-order valence-corrected chi connectivity index (χ4v) is 3.17. The van der Waals surface area contributed by atoms with Gasteiger partial charge in [0.2, 0.25) is 0 Å². The van der Waals surface area contributed by atoms with Crippen LogP contribution in [0.5, 0.6) is 0 Å². The number of hydrogen-bond acceptors (Lipinski definition) is 2. The first kappa shape index (κ1) is 14.6. The summed E-state index contributed by atoms with van der Waals surface area (Å²) in [6.07, 6.45) is 12.0. The van der Waals surface area contributed by atoms with Gasteiger partial charge in [0.1, 0.15) is 0 Å². The smallest absolute Gasteiger partial charge is 0.188 e. The lowest BCUT2D eigenvalue weighted by Crippen LogP contribution is -2.40. The Labute approximate surface area is 117 Å². The van der Waals surface area contributed by atoms with E-state index in [-0.39, 0.29) is 0 Å². The monoisotopic (exact) mass is 266 g/mol. The van der Waals surface area contributed by atoms with E-state index in [1.165, 1.54) is 70.9 Å². The van der Waals surface area contributed by atoms with Gasteiger partial charge in [-0.3, -0.25) is 4.99 Å². The predicted octanol–water partition coefficient (Wildman–Crippen LogP) is 2.10. The molecule has 0 aromatic carbocycles. The molecule has 0 aromatic rings. The second kappa shape index (κ2) is 8.41. The Balaban J connectivity index is 1.63. The van der Waals surface area contributed by atoms with Crippen molar-refractivity contribution in [1.29, 1.82) is 0 Å². The van der Waals surface area contributed by atoms with Gasteiger partial charge < -0.3 is 16.0 Å². The predicted molar refractivity (Wildman–Crippen MR) is 81.4 cm³/mol. The van der Waals surface area contributed by atoms with Crippen LogP contribution >= 0.6 is 0 Å². The van der Waals surface area contributed by atoms with Crippen molar-refractivity contribution in [2.24, 2.45) is 10.7 Å². The number of nitrogens with zero attached hydrogens (tertiary/aromatic N) is 2. The summed E-state index contributed by atoms with van der Waals surface area (Å²) in [6.45, 7) is 4.38. The molecule has 2 aliphatic rings. The largest absolute Gasteiger partial charge is 0.370 e. The van der Waals surface area contributed by atoms with Crippen molar-refractivity contribution < 1.29 is 0 Å². The van der Waals surface area contributed by atoms with Gasteiger partial charge in [-0.15, -0.1) is 0 Å². The number of nitrogens with two attached hydrogens (primary N) is 1. The van der Waals surface area contributed by atoms with Crippen molar-refractivity contribution in [1.82, 2.24) is 10.2 Å². The Morgan fingerprint density at radius 2 is 1.63 bits per heavy atom. The van der Waals surface area contributed by atoms with Crippen LogP contribution in [0.3, 0.4) is 0 Å². The highest BCUT2D eigenvalue weighted by Crippen LogP contribution is 2.16. The maximum absolute atomic E-state index is 5.99. The van der Waals surface area contributed by atoms with Crippen LogP contribution in [0.1, 0.15) is 57.8 Å². The SMILES string of the molecule is NC(=NCCN1CCCCC1)NC1CCCCCC1. The molecule has 2 rings (SSSR count). The molecule has 1 saturated carbocycles. The van der Waals surface area contributed by atoms with E-state index < -0.39 is 0 Å². The van der Waals surface area contributed by atoms with Crippen molar-refractivity contribution in [3.05, 3.63) is 0 Å². The lowest BCUT2D eigenvalue weighted by atomic mass is 10.1. The van der Waals surface area contributed by atoms with Crippen LogP contribution in [-0.4, -0.2) is 43.1 Å². The normalized spacial score (nSPS) is 24.1. The van der Waals surface area contributed by atoms with Gasteiger partial charge in [0.15, 0.2) is 5.96 Å². The molecule has 0 radical (unpaired) electrons. The Bertz CT molecular complexity index is 263. The van der Waals surface area contributed by atoms with Gasteiger partial charge >= 0.3 is 0 Å². The first-order chi connectivity index (χ1) is 9.34. The summed E-state index contributed by atoms with van der Waals surface area (Å²) in [4.78, 5) is 6.99. The molecular weight excluding hydrogens is 236 g/mol. The van der Waals surface area contributed by atoms with E-state index in [1.54, 1.807) is 0 Å². The molecule has 1 saturated heterocycles. The molecule has 110 valence electrons. The van der Waals surface area contributed by atoms with Crippen LogP contribution < -0.4 is 11.1 Å². The molecule has 3 N–H and O–H groups in total. The minimum atomic E-state index is 0.557. The zero-order valence-electron chi connectivity index (χ0n) is 12.2. The number of nitrogens with one attached hydrogen (secondary N) is 1. The fourth-order valence-electron chi connectivity index (χ4n) is 3.17. The van der Waals surface area contributed by atoms with E-state index in [1.807, 2.05) is 0 Å². The van der Waals surface area contributed by atoms with Crippen molar-refractivity contribution in [3.63, 3.8) is 0 Å². The van der Waals surface area contributed by atoms with Crippen molar-refractivity contribution in [2.45, 2.75) is 63.8 Å². The minimum Gasteiger partial charge on any atom is -0.370 e. The molecule has 0 unspecified atom stereocenters. The Morgan fingerprint density at radius 1 is 1.00 bits per heavy atom. The van der Waals surface area contributed by atoms with E-state index >= 15 is 0 Å². The average molecular weight is 266 g/mol. The van der Waals surface area contributed by atoms with E-state index in [0.29, 0.717) is 12.0 Å². The lowest BCUT2D eigenvalue weighted by Gasteiger charge is -2.25. The molecule has 0 aromatic heterocycles. The number of piperidine rings is 1. The average Bonchev–Trinajstić information content (AvgIpc) is 2.68. The number of aliphatic imine (C=N–C) groups is 1. The summed E-state index contributed by atoms with van der Waals surface area (Å²) in [5.74, 6) is 0.656. The van der Waals surface area contributed by atoms with E-state index in [0.717, 1.165) is 13.1 Å². The van der Waals surface area contributed by atoms with E-state index in [2.05, 4.69) is 15.2 Å². The van der Waals surface area contributed by atoms with Crippen LogP contribution in [0, 0.1) is 0 Å². The van der Waals surface area contributed by atoms with Gasteiger partial charge in [-0.05, 0) is 38.8 Å². The third kappa shape index (κ3) is 5.81. The minimum absolute atomic E-state index is 0.557. The van der Waals surface area contributed by atoms with Crippen LogP contribution in [0.15, 0.2) is 4.99 Å². The van der Waals surface area contributed by atoms with Crippen LogP contribution in [0.4, 0.5) is 0 Å². The zero-order valence-corrected chi connectivity index (χ0v) is 12.2. The number of guanidine groups is 1. The van der Waals surface area contributed by atoms with Crippen LogP contribution in [-0.2, 0) is 0 Å². The molecule has 19 heavy (non-hydrogen) atoms. The molecule has 0 spiro atoms. The number of likely N-dealkylation sites (tertiary alicyclic amines) is 1. The molecular formula is C15H30N4. The molecule has 1 heterocycles. The van der Waals surface area contributed by atoms with Gasteiger partial charge in [-0.1, -0.05) is 32.1 Å². The summed E-state index contributed by atoms with van der Waals surface area (Å²) < 4.78 is 0. The first-order valence-electron chi connectivity index (χ1n) is 8.13. The Kier molecular flexibility index (Phi) is 6.48. The summed E-state index contributed by atoms with van der Waals surface area (Å²) in [6, 6.07) is 0.557. The Hall–Kier alpha value is -0.770. The van der Waals surface area contributed by atoms with Crippen molar-refractivity contribution in [3.8, 4) is 0 Å². The standard InChI is InChI=1S/C15H30N4/c16-15(18-14-8-4-1-2-5-9-14)17-10-13-19-11-6-3-7-12-19/h14H,1-13H2,(H3,16,17,18). The molecule has 4 nitrogen and oxygen atoms in total. The zero-order chi connectivity index (χ0) is 13.3. The molecule has 0 atom stereocenters. The highest BCUT2D eigenvalue weighted by atomic mass is 15.2. The third-order valence-corrected chi connectivity index (χ3v) is 4.35. The van der Waals surface area contributed by atoms with Crippen LogP contribution in [0.2, 0.25) is 0 Å². The molecule has 0 bridgehead atoms. The van der Waals surface area contributed by atoms with Gasteiger partial charge in [0.05, 0.1) is 6.54 Å². The van der Waals surface area contributed by atoms with Gasteiger partial charge in [0, 0.05) is 12.6 Å². The maximum atomic E-state index is 5.99. The molecule has 2 fully saturated rings. The fraction of sp³-hybridized carbons (Fsp3) is 0.933. The Morgan fingerprint density at radius 3 is 2.32 bits per heavy atom. The second-order valence-corrected chi connectivity index (χ2v) is 6.00. The third-order valence-electron chi connectivity index (χ3n) is 4.35. The van der Waals surface area contributed by atoms with Gasteiger partial charge in [-0.25, -0.2) is 0 Å². The molecule has 4 heteroatoms. The van der Waals surface area contributed by atoms with Gasteiger partial charge in [-0.2, -0.15) is 0 Å². The topological polar surface area (TPSA) is 53.6 Å². The van der Waals surface area contributed by atoms with Crippen molar-refractivity contribution in [2.75, 3.05) is 26.2 Å². The second-order valence-electron chi connectivity index (χ2n) is 6.00. The highest BCUT2D eigenvalue weighted by molar-refractivity contribution is 5.78. The summed E-state index contributed by atoms with van der Waals surface area (Å²) >= 11 is 0. The van der Waals surface area contributed by atoms with Gasteiger partial charge in [0.25, 0.3) is 0 Å². The summed E-state index contributed by atoms with van der Waals surface area (Å²) in [5, 5.41) is 3.41. The van der Waals surface area contributed by atoms with E-state index in [9.17, 15) is 0 Å². The molecule has 1 aliphatic heterocycles.